The van der Waals surface area contributed by atoms with Gasteiger partial charge in [0, 0.05) is 10.5 Å². The van der Waals surface area contributed by atoms with Crippen LogP contribution in [0.3, 0.4) is 0 Å². The zero-order valence-corrected chi connectivity index (χ0v) is 13.0. The minimum Gasteiger partial charge on any atom is -0.462 e. The number of hydrogen-bond donors (Lipinski definition) is 1. The van der Waals surface area contributed by atoms with Crippen molar-refractivity contribution in [3.8, 4) is 0 Å². The average molecular weight is 351 g/mol. The highest BCUT2D eigenvalue weighted by molar-refractivity contribution is 8.00. The summed E-state index contributed by atoms with van der Waals surface area (Å²) >= 11 is -0.242. The topological polar surface area (TPSA) is 52.3 Å². The molecule has 1 atom stereocenters. The van der Waals surface area contributed by atoms with Gasteiger partial charge in [-0.3, -0.25) is 4.79 Å². The third-order valence-electron chi connectivity index (χ3n) is 3.43. The van der Waals surface area contributed by atoms with Crippen molar-refractivity contribution in [3.63, 3.8) is 0 Å². The summed E-state index contributed by atoms with van der Waals surface area (Å²) in [5.41, 5.74) is 2.47. The number of nitrogens with two attached hydrogens (primary N) is 1. The Morgan fingerprint density at radius 3 is 2.42 bits per heavy atom. The van der Waals surface area contributed by atoms with Crippen molar-refractivity contribution in [2.45, 2.75) is 16.5 Å². The largest absolute Gasteiger partial charge is 0.462 e. The van der Waals surface area contributed by atoms with Crippen LogP contribution in [0.2, 0.25) is 0 Å². The van der Waals surface area contributed by atoms with E-state index in [2.05, 4.69) is 0 Å². The number of benzene rings is 2. The number of carbonyl (C=O) groups excluding carboxylic acids is 1. The fourth-order valence-electron chi connectivity index (χ4n) is 2.47. The summed E-state index contributed by atoms with van der Waals surface area (Å²) in [4.78, 5) is 12.6. The van der Waals surface area contributed by atoms with Gasteiger partial charge in [-0.25, -0.2) is 0 Å². The molecule has 1 aliphatic rings. The van der Waals surface area contributed by atoms with Gasteiger partial charge in [0.2, 0.25) is 5.78 Å². The molecule has 3 nitrogen and oxygen atoms in total. The van der Waals surface area contributed by atoms with Crippen LogP contribution < -0.4 is 5.73 Å². The fourth-order valence-corrected chi connectivity index (χ4v) is 3.07. The molecule has 7 heteroatoms. The van der Waals surface area contributed by atoms with Gasteiger partial charge in [-0.15, -0.1) is 0 Å². The maximum atomic E-state index is 12.6. The molecule has 2 aromatic carbocycles. The zero-order chi connectivity index (χ0) is 17.3. The van der Waals surface area contributed by atoms with Crippen LogP contribution in [0.15, 0.2) is 65.4 Å². The Bertz CT molecular complexity index is 803. The number of carbonyl (C=O) groups is 1. The van der Waals surface area contributed by atoms with Crippen molar-refractivity contribution in [1.29, 1.82) is 0 Å². The number of Topliss-reactive ketones (excluding diaryl/α,β-unsaturated/α-hetero) is 1. The smallest absolute Gasteiger partial charge is 0.446 e. The van der Waals surface area contributed by atoms with E-state index in [0.29, 0.717) is 11.1 Å². The number of ketones is 1. The third kappa shape index (κ3) is 3.41. The first-order valence-electron chi connectivity index (χ1n) is 6.97. The second-order valence-corrected chi connectivity index (χ2v) is 6.23. The van der Waals surface area contributed by atoms with E-state index in [4.69, 9.17) is 10.5 Å². The molecule has 0 fully saturated rings. The van der Waals surface area contributed by atoms with Crippen LogP contribution in [0, 0.1) is 0 Å². The predicted molar refractivity (Wildman–Crippen MR) is 84.7 cm³/mol. The van der Waals surface area contributed by atoms with E-state index in [1.165, 1.54) is 24.3 Å². The summed E-state index contributed by atoms with van der Waals surface area (Å²) < 4.78 is 43.0. The molecule has 0 bridgehead atoms. The molecule has 124 valence electrons. The zero-order valence-electron chi connectivity index (χ0n) is 12.2. The van der Waals surface area contributed by atoms with Crippen molar-refractivity contribution < 1.29 is 22.7 Å². The second-order valence-electron chi connectivity index (χ2n) is 5.09. The van der Waals surface area contributed by atoms with Gasteiger partial charge in [-0.05, 0) is 29.5 Å². The molecule has 0 amide bonds. The lowest BCUT2D eigenvalue weighted by atomic mass is 9.97. The van der Waals surface area contributed by atoms with Gasteiger partial charge in [-0.2, -0.15) is 13.2 Å². The summed E-state index contributed by atoms with van der Waals surface area (Å²) in [5.74, 6) is -0.448. The average Bonchev–Trinajstić information content (AvgIpc) is 2.81. The maximum absolute atomic E-state index is 12.6. The van der Waals surface area contributed by atoms with Crippen LogP contribution in [-0.2, 0) is 9.53 Å². The van der Waals surface area contributed by atoms with Crippen LogP contribution in [0.1, 0.15) is 17.2 Å². The van der Waals surface area contributed by atoms with E-state index in [1.807, 2.05) is 0 Å². The van der Waals surface area contributed by atoms with Crippen LogP contribution >= 0.6 is 11.8 Å². The third-order valence-corrected chi connectivity index (χ3v) is 4.16. The molecule has 0 saturated heterocycles. The molecule has 0 radical (unpaired) electrons. The monoisotopic (exact) mass is 351 g/mol. The number of ether oxygens (including phenoxy) is 1. The Morgan fingerprint density at radius 1 is 1.04 bits per heavy atom. The summed E-state index contributed by atoms with van der Waals surface area (Å²) in [6.45, 7) is 0. The molecule has 3 rings (SSSR count). The van der Waals surface area contributed by atoms with Gasteiger partial charge >= 0.3 is 5.51 Å². The molecule has 2 aromatic rings. The molecule has 0 aromatic heterocycles. The normalized spacial score (nSPS) is 18.0. The molecule has 0 aliphatic carbocycles. The summed E-state index contributed by atoms with van der Waals surface area (Å²) in [5, 5.41) is 0. The van der Waals surface area contributed by atoms with E-state index in [1.54, 1.807) is 30.3 Å². The number of halogens is 3. The van der Waals surface area contributed by atoms with Crippen LogP contribution in [0.25, 0.3) is 5.57 Å². The molecule has 1 unspecified atom stereocenters. The van der Waals surface area contributed by atoms with Gasteiger partial charge in [0.25, 0.3) is 0 Å². The van der Waals surface area contributed by atoms with Crippen molar-refractivity contribution in [2.75, 3.05) is 0 Å². The highest BCUT2D eigenvalue weighted by Gasteiger charge is 2.36. The van der Waals surface area contributed by atoms with Gasteiger partial charge < -0.3 is 10.5 Å². The minimum atomic E-state index is -4.40. The first-order chi connectivity index (χ1) is 11.3. The number of alkyl halides is 3. The lowest BCUT2D eigenvalue weighted by molar-refractivity contribution is -0.120. The molecular weight excluding hydrogens is 339 g/mol. The van der Waals surface area contributed by atoms with Crippen molar-refractivity contribution in [3.05, 3.63) is 71.6 Å². The lowest BCUT2D eigenvalue weighted by Crippen LogP contribution is -2.09. The highest BCUT2D eigenvalue weighted by Crippen LogP contribution is 2.40. The first-order valence-corrected chi connectivity index (χ1v) is 7.78. The standard InChI is InChI=1S/C17H12F3NO2S/c18-17(19,20)24-12-8-4-7-11(9-12)13-14(22)15(23-16(13)21)10-5-2-1-3-6-10/h1-9,15H,21H2. The quantitative estimate of drug-likeness (QED) is 0.839. The van der Waals surface area contributed by atoms with Gasteiger partial charge in [-0.1, -0.05) is 42.5 Å². The van der Waals surface area contributed by atoms with Crippen molar-refractivity contribution in [2.24, 2.45) is 5.73 Å². The Morgan fingerprint density at radius 2 is 1.75 bits per heavy atom. The Labute approximate surface area is 140 Å². The van der Waals surface area contributed by atoms with Gasteiger partial charge in [0.05, 0.1) is 5.57 Å². The first kappa shape index (κ1) is 16.4. The van der Waals surface area contributed by atoms with Crippen molar-refractivity contribution in [1.82, 2.24) is 0 Å². The Balaban J connectivity index is 1.91. The van der Waals surface area contributed by atoms with Gasteiger partial charge in [0.1, 0.15) is 0 Å². The van der Waals surface area contributed by atoms with Crippen LogP contribution in [0.5, 0.6) is 0 Å². The van der Waals surface area contributed by atoms with Crippen LogP contribution in [-0.4, -0.2) is 11.3 Å². The molecule has 1 heterocycles. The van der Waals surface area contributed by atoms with E-state index in [0.717, 1.165) is 0 Å². The molecule has 24 heavy (non-hydrogen) atoms. The minimum absolute atomic E-state index is 0.0174. The number of rotatable bonds is 3. The number of thioether (sulfide) groups is 1. The Hall–Kier alpha value is -2.41. The maximum Gasteiger partial charge on any atom is 0.446 e. The van der Waals surface area contributed by atoms with E-state index in [-0.39, 0.29) is 33.9 Å². The summed E-state index contributed by atoms with van der Waals surface area (Å²) in [6.07, 6.45) is -0.875. The Kier molecular flexibility index (Phi) is 4.28. The van der Waals surface area contributed by atoms with Crippen LogP contribution in [0.4, 0.5) is 13.2 Å². The molecule has 1 aliphatic heterocycles. The van der Waals surface area contributed by atoms with Gasteiger partial charge in [0.15, 0.2) is 12.0 Å². The molecule has 0 saturated carbocycles. The highest BCUT2D eigenvalue weighted by atomic mass is 32.2. The second kappa shape index (κ2) is 6.24. The fraction of sp³-hybridized carbons (Fsp3) is 0.118. The summed E-state index contributed by atoms with van der Waals surface area (Å²) in [7, 11) is 0. The van der Waals surface area contributed by atoms with E-state index < -0.39 is 11.6 Å². The SMILES string of the molecule is NC1=C(c2cccc(SC(F)(F)F)c2)C(=O)C(c2ccccc2)O1. The van der Waals surface area contributed by atoms with E-state index in [9.17, 15) is 18.0 Å². The molecule has 0 spiro atoms. The predicted octanol–water partition coefficient (Wildman–Crippen LogP) is 4.27. The summed E-state index contributed by atoms with van der Waals surface area (Å²) in [6, 6.07) is 14.4. The molecule has 2 N–H and O–H groups in total. The van der Waals surface area contributed by atoms with Crippen molar-refractivity contribution >= 4 is 23.1 Å². The lowest BCUT2D eigenvalue weighted by Gasteiger charge is -2.10. The molecular formula is C17H12F3NO2S. The van der Waals surface area contributed by atoms with E-state index >= 15 is 0 Å². The number of hydrogen-bond acceptors (Lipinski definition) is 4.